The zero-order valence-corrected chi connectivity index (χ0v) is 16.8. The molecular weight excluding hydrogens is 364 g/mol. The van der Waals surface area contributed by atoms with Crippen molar-refractivity contribution in [3.05, 3.63) is 47.0 Å². The van der Waals surface area contributed by atoms with Gasteiger partial charge in [-0.05, 0) is 44.4 Å². The molecule has 0 bridgehead atoms. The van der Waals surface area contributed by atoms with E-state index >= 15 is 0 Å². The van der Waals surface area contributed by atoms with Crippen molar-refractivity contribution in [2.45, 2.75) is 44.4 Å². The molecule has 0 radical (unpaired) electrons. The predicted molar refractivity (Wildman–Crippen MR) is 105 cm³/mol. The number of hydrogen-bond acceptors (Lipinski definition) is 5. The van der Waals surface area contributed by atoms with Gasteiger partial charge in [0.15, 0.2) is 11.5 Å². The van der Waals surface area contributed by atoms with Gasteiger partial charge in [0.25, 0.3) is 0 Å². The van der Waals surface area contributed by atoms with Crippen LogP contribution in [0, 0.1) is 26.2 Å². The van der Waals surface area contributed by atoms with Gasteiger partial charge in [-0.1, -0.05) is 24.6 Å². The number of hydrogen-bond donors (Lipinski definition) is 1. The first-order valence-electron chi connectivity index (χ1n) is 8.56. The molecule has 0 aliphatic heterocycles. The maximum Gasteiger partial charge on any atom is 0.339 e. The Labute approximate surface area is 161 Å². The van der Waals surface area contributed by atoms with E-state index in [-0.39, 0.29) is 28.1 Å². The topological polar surface area (TPSA) is 72.8 Å². The third kappa shape index (κ3) is 4.55. The fourth-order valence-corrected chi connectivity index (χ4v) is 3.75. The van der Waals surface area contributed by atoms with Crippen LogP contribution in [0.1, 0.15) is 42.4 Å². The zero-order valence-electron chi connectivity index (χ0n) is 15.9. The molecule has 0 aliphatic rings. The first-order valence-corrected chi connectivity index (χ1v) is 9.97. The van der Waals surface area contributed by atoms with Gasteiger partial charge < -0.3 is 14.0 Å². The smallest absolute Gasteiger partial charge is 0.339 e. The largest absolute Gasteiger partial charge is 0.504 e. The molecule has 1 atom stereocenters. The molecule has 5 nitrogen and oxygen atoms in total. The summed E-state index contributed by atoms with van der Waals surface area (Å²) in [5.74, 6) is 2.75. The highest BCUT2D eigenvalue weighted by Crippen LogP contribution is 2.44. The number of ether oxygens (including phenoxy) is 1. The summed E-state index contributed by atoms with van der Waals surface area (Å²) in [5, 5.41) is 10.5. The number of aryl methyl sites for hydroxylation is 1. The van der Waals surface area contributed by atoms with Crippen LogP contribution in [0.15, 0.2) is 35.2 Å². The van der Waals surface area contributed by atoms with Crippen LogP contribution in [0.25, 0.3) is 0 Å². The lowest BCUT2D eigenvalue weighted by Crippen LogP contribution is -2.11. The van der Waals surface area contributed by atoms with E-state index in [1.807, 2.05) is 13.8 Å². The molecular formula is C21H24O5S. The highest BCUT2D eigenvalue weighted by Gasteiger charge is 2.24. The molecule has 0 saturated carbocycles. The molecule has 6 heteroatoms. The number of rotatable bonds is 7. The van der Waals surface area contributed by atoms with E-state index in [1.165, 1.54) is 19.2 Å². The Bertz CT molecular complexity index is 954. The standard InChI is InChI=1S/C21H24O5S/c1-6-7-8-15(3)18-13-19(16(4)21(25-5)20(18)22)26-27(23,24)17-11-9-14(2)10-12-17/h1,9-13,15,22H,7-8H2,2-5H3. The van der Waals surface area contributed by atoms with Gasteiger partial charge in [-0.3, -0.25) is 0 Å². The molecule has 2 aromatic rings. The molecule has 27 heavy (non-hydrogen) atoms. The Balaban J connectivity index is 2.49. The summed E-state index contributed by atoms with van der Waals surface area (Å²) in [6, 6.07) is 7.93. The molecule has 0 aliphatic carbocycles. The lowest BCUT2D eigenvalue weighted by atomic mass is 9.93. The lowest BCUT2D eigenvalue weighted by Gasteiger charge is -2.19. The number of terminal acetylenes is 1. The second-order valence-corrected chi connectivity index (χ2v) is 8.01. The number of phenols is 1. The first kappa shape index (κ1) is 20.7. The van der Waals surface area contributed by atoms with Crippen molar-refractivity contribution >= 4 is 10.1 Å². The van der Waals surface area contributed by atoms with Crippen LogP contribution in [0.4, 0.5) is 0 Å². The van der Waals surface area contributed by atoms with Crippen molar-refractivity contribution in [3.8, 4) is 29.6 Å². The molecule has 2 rings (SSSR count). The Hall–Kier alpha value is -2.65. The molecule has 1 unspecified atom stereocenters. The van der Waals surface area contributed by atoms with Crippen LogP contribution in [-0.2, 0) is 10.1 Å². The average molecular weight is 388 g/mol. The first-order chi connectivity index (χ1) is 12.7. The van der Waals surface area contributed by atoms with Gasteiger partial charge in [0, 0.05) is 17.5 Å². The van der Waals surface area contributed by atoms with Crippen molar-refractivity contribution in [1.29, 1.82) is 0 Å². The van der Waals surface area contributed by atoms with Gasteiger partial charge in [-0.15, -0.1) is 12.3 Å². The summed E-state index contributed by atoms with van der Waals surface area (Å²) in [7, 11) is -2.61. The zero-order chi connectivity index (χ0) is 20.2. The number of benzene rings is 2. The van der Waals surface area contributed by atoms with E-state index in [1.54, 1.807) is 25.1 Å². The van der Waals surface area contributed by atoms with Crippen LogP contribution in [-0.4, -0.2) is 20.6 Å². The van der Waals surface area contributed by atoms with E-state index in [4.69, 9.17) is 15.3 Å². The SMILES string of the molecule is C#CCCC(C)c1cc(OS(=O)(=O)c2ccc(C)cc2)c(C)c(OC)c1O. The normalized spacial score (nSPS) is 12.3. The number of aromatic hydroxyl groups is 1. The fourth-order valence-electron chi connectivity index (χ4n) is 2.78. The molecule has 0 spiro atoms. The van der Waals surface area contributed by atoms with E-state index in [0.29, 0.717) is 24.0 Å². The van der Waals surface area contributed by atoms with Gasteiger partial charge in [-0.25, -0.2) is 0 Å². The molecule has 0 aromatic heterocycles. The molecule has 0 fully saturated rings. The molecule has 0 amide bonds. The molecule has 0 saturated heterocycles. The average Bonchev–Trinajstić information content (AvgIpc) is 2.62. The van der Waals surface area contributed by atoms with Crippen molar-refractivity contribution in [1.82, 2.24) is 0 Å². The molecule has 144 valence electrons. The number of methoxy groups -OCH3 is 1. The maximum absolute atomic E-state index is 12.7. The monoisotopic (exact) mass is 388 g/mol. The quantitative estimate of drug-likeness (QED) is 0.565. The Morgan fingerprint density at radius 1 is 1.22 bits per heavy atom. The van der Waals surface area contributed by atoms with Crippen LogP contribution in [0.5, 0.6) is 17.2 Å². The summed E-state index contributed by atoms with van der Waals surface area (Å²) in [6.07, 6.45) is 6.50. The Kier molecular flexibility index (Phi) is 6.40. The van der Waals surface area contributed by atoms with E-state index < -0.39 is 10.1 Å². The minimum absolute atomic E-state index is 0.0281. The lowest BCUT2D eigenvalue weighted by molar-refractivity contribution is 0.362. The van der Waals surface area contributed by atoms with Crippen LogP contribution in [0.2, 0.25) is 0 Å². The highest BCUT2D eigenvalue weighted by atomic mass is 32.2. The van der Waals surface area contributed by atoms with Crippen molar-refractivity contribution in [2.24, 2.45) is 0 Å². The fraction of sp³-hybridized carbons (Fsp3) is 0.333. The second-order valence-electron chi connectivity index (χ2n) is 6.47. The summed E-state index contributed by atoms with van der Waals surface area (Å²) < 4.78 is 36.0. The summed E-state index contributed by atoms with van der Waals surface area (Å²) in [4.78, 5) is 0.0569. The van der Waals surface area contributed by atoms with Gasteiger partial charge in [0.1, 0.15) is 10.6 Å². The van der Waals surface area contributed by atoms with Crippen molar-refractivity contribution in [3.63, 3.8) is 0 Å². The second kappa shape index (κ2) is 8.36. The van der Waals surface area contributed by atoms with Crippen molar-refractivity contribution in [2.75, 3.05) is 7.11 Å². The predicted octanol–water partition coefficient (Wildman–Crippen LogP) is 4.30. The van der Waals surface area contributed by atoms with Gasteiger partial charge in [0.2, 0.25) is 0 Å². The third-order valence-electron chi connectivity index (χ3n) is 4.45. The molecule has 0 heterocycles. The molecule has 2 aromatic carbocycles. The Morgan fingerprint density at radius 2 is 1.85 bits per heavy atom. The van der Waals surface area contributed by atoms with Gasteiger partial charge >= 0.3 is 10.1 Å². The van der Waals surface area contributed by atoms with Crippen molar-refractivity contribution < 1.29 is 22.4 Å². The summed E-state index contributed by atoms with van der Waals surface area (Å²) >= 11 is 0. The van der Waals surface area contributed by atoms with Crippen LogP contribution in [0.3, 0.4) is 0 Å². The minimum atomic E-state index is -4.02. The minimum Gasteiger partial charge on any atom is -0.504 e. The van der Waals surface area contributed by atoms with Gasteiger partial charge in [-0.2, -0.15) is 8.42 Å². The maximum atomic E-state index is 12.7. The summed E-state index contributed by atoms with van der Waals surface area (Å²) in [6.45, 7) is 5.41. The molecule has 1 N–H and O–H groups in total. The number of phenolic OH excluding ortho intramolecular Hbond substituents is 1. The van der Waals surface area contributed by atoms with Crippen LogP contribution < -0.4 is 8.92 Å². The summed E-state index contributed by atoms with van der Waals surface area (Å²) in [5.41, 5.74) is 1.88. The van der Waals surface area contributed by atoms with Gasteiger partial charge in [0.05, 0.1) is 7.11 Å². The van der Waals surface area contributed by atoms with E-state index in [9.17, 15) is 13.5 Å². The van der Waals surface area contributed by atoms with E-state index in [2.05, 4.69) is 5.92 Å². The van der Waals surface area contributed by atoms with Crippen LogP contribution >= 0.6 is 0 Å². The Morgan fingerprint density at radius 3 is 2.41 bits per heavy atom. The third-order valence-corrected chi connectivity index (χ3v) is 5.70. The van der Waals surface area contributed by atoms with E-state index in [0.717, 1.165) is 5.56 Å². The highest BCUT2D eigenvalue weighted by molar-refractivity contribution is 7.87.